The van der Waals surface area contributed by atoms with E-state index in [0.717, 1.165) is 11.3 Å². The highest BCUT2D eigenvalue weighted by atomic mass is 35.5. The lowest BCUT2D eigenvalue weighted by Gasteiger charge is -2.08. The monoisotopic (exact) mass is 330 g/mol. The molecule has 1 aromatic carbocycles. The topological polar surface area (TPSA) is 66.0 Å². The van der Waals surface area contributed by atoms with E-state index < -0.39 is 0 Å². The predicted octanol–water partition coefficient (Wildman–Crippen LogP) is 4.54. The molecule has 0 aliphatic carbocycles. The molecule has 0 saturated carbocycles. The minimum Gasteiger partial charge on any atom is -0.456 e. The van der Waals surface area contributed by atoms with Gasteiger partial charge in [-0.25, -0.2) is 0 Å². The second kappa shape index (κ2) is 7.65. The molecule has 120 valence electrons. The number of nitrogens with zero attached hydrogens (tertiary/aromatic N) is 3. The number of aryl methyl sites for hydroxylation is 1. The molecule has 0 spiro atoms. The number of pyridine rings is 1. The van der Waals surface area contributed by atoms with Gasteiger partial charge in [-0.3, -0.25) is 9.67 Å². The SMILES string of the molecule is CC.Cn1cc(-c2cc(Oc3ccc(N)cc3)c(Cl)cn2)cn1. The normalized spacial score (nSPS) is 9.91. The molecule has 0 aliphatic heterocycles. The van der Waals surface area contributed by atoms with Crippen molar-refractivity contribution in [3.8, 4) is 22.8 Å². The van der Waals surface area contributed by atoms with E-state index in [1.165, 1.54) is 0 Å². The second-order valence-corrected chi connectivity index (χ2v) is 4.98. The summed E-state index contributed by atoms with van der Waals surface area (Å²) in [6.07, 6.45) is 5.18. The Balaban J connectivity index is 0.000000924. The van der Waals surface area contributed by atoms with E-state index in [9.17, 15) is 0 Å². The highest BCUT2D eigenvalue weighted by Crippen LogP contribution is 2.32. The Bertz CT molecular complexity index is 769. The first kappa shape index (κ1) is 16.8. The Hall–Kier alpha value is -2.53. The highest BCUT2D eigenvalue weighted by molar-refractivity contribution is 6.32. The summed E-state index contributed by atoms with van der Waals surface area (Å²) in [6, 6.07) is 8.90. The summed E-state index contributed by atoms with van der Waals surface area (Å²) in [5.74, 6) is 1.20. The van der Waals surface area contributed by atoms with Crippen LogP contribution in [0.4, 0.5) is 5.69 Å². The van der Waals surface area contributed by atoms with Crippen LogP contribution in [0.3, 0.4) is 0 Å². The molecule has 0 saturated heterocycles. The van der Waals surface area contributed by atoms with Crippen LogP contribution in [0.25, 0.3) is 11.3 Å². The van der Waals surface area contributed by atoms with Crippen molar-refractivity contribution >= 4 is 17.3 Å². The Kier molecular flexibility index (Phi) is 5.60. The first-order valence-electron chi connectivity index (χ1n) is 7.30. The van der Waals surface area contributed by atoms with Gasteiger partial charge in [0.25, 0.3) is 0 Å². The summed E-state index contributed by atoms with van der Waals surface area (Å²) in [5, 5.41) is 4.57. The number of aromatic nitrogens is 3. The third-order valence-corrected chi connectivity index (χ3v) is 3.21. The average Bonchev–Trinajstić information content (AvgIpc) is 3.00. The van der Waals surface area contributed by atoms with E-state index in [1.807, 2.05) is 27.1 Å². The number of benzene rings is 1. The van der Waals surface area contributed by atoms with Gasteiger partial charge in [-0.2, -0.15) is 5.10 Å². The molecule has 2 aromatic heterocycles. The van der Waals surface area contributed by atoms with Crippen LogP contribution >= 0.6 is 11.6 Å². The summed E-state index contributed by atoms with van der Waals surface area (Å²) in [5.41, 5.74) is 7.98. The third-order valence-electron chi connectivity index (χ3n) is 2.93. The van der Waals surface area contributed by atoms with E-state index in [0.29, 0.717) is 22.2 Å². The van der Waals surface area contributed by atoms with Crippen molar-refractivity contribution in [1.29, 1.82) is 0 Å². The first-order valence-corrected chi connectivity index (χ1v) is 7.67. The van der Waals surface area contributed by atoms with Gasteiger partial charge in [0.05, 0.1) is 11.9 Å². The lowest BCUT2D eigenvalue weighted by molar-refractivity contribution is 0.482. The Morgan fingerprint density at radius 3 is 2.43 bits per heavy atom. The Morgan fingerprint density at radius 1 is 1.13 bits per heavy atom. The summed E-state index contributed by atoms with van der Waals surface area (Å²) < 4.78 is 7.49. The molecule has 6 heteroatoms. The molecular formula is C17H19ClN4O. The van der Waals surface area contributed by atoms with Gasteiger partial charge < -0.3 is 10.5 Å². The van der Waals surface area contributed by atoms with E-state index in [4.69, 9.17) is 22.1 Å². The smallest absolute Gasteiger partial charge is 0.149 e. The summed E-state index contributed by atoms with van der Waals surface area (Å²) in [4.78, 5) is 4.29. The van der Waals surface area contributed by atoms with Crippen LogP contribution in [0.5, 0.6) is 11.5 Å². The van der Waals surface area contributed by atoms with Gasteiger partial charge in [0, 0.05) is 36.8 Å². The van der Waals surface area contributed by atoms with Crippen molar-refractivity contribution in [3.63, 3.8) is 0 Å². The lowest BCUT2D eigenvalue weighted by atomic mass is 10.2. The third kappa shape index (κ3) is 4.23. The predicted molar refractivity (Wildman–Crippen MR) is 93.7 cm³/mol. The molecule has 0 amide bonds. The number of anilines is 1. The molecule has 23 heavy (non-hydrogen) atoms. The number of hydrogen-bond donors (Lipinski definition) is 1. The van der Waals surface area contributed by atoms with Gasteiger partial charge in [-0.15, -0.1) is 0 Å². The van der Waals surface area contributed by atoms with Crippen molar-refractivity contribution in [1.82, 2.24) is 14.8 Å². The molecule has 0 atom stereocenters. The summed E-state index contributed by atoms with van der Waals surface area (Å²) >= 11 is 6.14. The van der Waals surface area contributed by atoms with Gasteiger partial charge in [0.15, 0.2) is 0 Å². The van der Waals surface area contributed by atoms with Crippen LogP contribution in [-0.2, 0) is 7.05 Å². The number of nitrogen functional groups attached to an aromatic ring is 1. The lowest BCUT2D eigenvalue weighted by Crippen LogP contribution is -1.90. The fourth-order valence-electron chi connectivity index (χ4n) is 1.87. The molecule has 5 nitrogen and oxygen atoms in total. The number of rotatable bonds is 3. The fourth-order valence-corrected chi connectivity index (χ4v) is 2.01. The second-order valence-electron chi connectivity index (χ2n) is 4.57. The van der Waals surface area contributed by atoms with Crippen LogP contribution in [0, 0.1) is 0 Å². The minimum atomic E-state index is 0.444. The first-order chi connectivity index (χ1) is 11.1. The maximum atomic E-state index is 6.14. The molecule has 0 fully saturated rings. The van der Waals surface area contributed by atoms with Crippen LogP contribution in [0.1, 0.15) is 13.8 Å². The average molecular weight is 331 g/mol. The summed E-state index contributed by atoms with van der Waals surface area (Å²) in [7, 11) is 1.85. The zero-order valence-electron chi connectivity index (χ0n) is 13.3. The number of nitrogens with two attached hydrogens (primary N) is 1. The fraction of sp³-hybridized carbons (Fsp3) is 0.176. The molecule has 2 N–H and O–H groups in total. The Labute approximate surface area is 140 Å². The van der Waals surface area contributed by atoms with Crippen molar-refractivity contribution in [2.45, 2.75) is 13.8 Å². The quantitative estimate of drug-likeness (QED) is 0.716. The van der Waals surface area contributed by atoms with E-state index in [-0.39, 0.29) is 0 Å². The van der Waals surface area contributed by atoms with Crippen molar-refractivity contribution in [2.24, 2.45) is 7.05 Å². The van der Waals surface area contributed by atoms with Gasteiger partial charge in [0.1, 0.15) is 16.5 Å². The van der Waals surface area contributed by atoms with E-state index in [2.05, 4.69) is 10.1 Å². The van der Waals surface area contributed by atoms with Gasteiger partial charge in [-0.1, -0.05) is 25.4 Å². The maximum Gasteiger partial charge on any atom is 0.149 e. The molecule has 3 aromatic rings. The summed E-state index contributed by atoms with van der Waals surface area (Å²) in [6.45, 7) is 4.00. The number of ether oxygens (including phenoxy) is 1. The van der Waals surface area contributed by atoms with Gasteiger partial charge in [-0.05, 0) is 24.3 Å². The van der Waals surface area contributed by atoms with Crippen LogP contribution in [0.2, 0.25) is 5.02 Å². The molecule has 0 unspecified atom stereocenters. The zero-order valence-corrected chi connectivity index (χ0v) is 14.1. The maximum absolute atomic E-state index is 6.14. The molecule has 3 rings (SSSR count). The Morgan fingerprint density at radius 2 is 1.83 bits per heavy atom. The molecule has 2 heterocycles. The van der Waals surface area contributed by atoms with Crippen molar-refractivity contribution in [2.75, 3.05) is 5.73 Å². The van der Waals surface area contributed by atoms with Crippen LogP contribution < -0.4 is 10.5 Å². The van der Waals surface area contributed by atoms with Gasteiger partial charge in [0.2, 0.25) is 0 Å². The molecule has 0 aliphatic rings. The number of hydrogen-bond acceptors (Lipinski definition) is 4. The standard InChI is InChI=1S/C15H13ClN4O.C2H6/c1-20-9-10(7-19-20)14-6-15(13(16)8-18-14)21-12-4-2-11(17)3-5-12;1-2/h2-9H,17H2,1H3;1-2H3. The molecular weight excluding hydrogens is 312 g/mol. The van der Waals surface area contributed by atoms with E-state index >= 15 is 0 Å². The minimum absolute atomic E-state index is 0.444. The zero-order chi connectivity index (χ0) is 16.8. The molecule has 0 radical (unpaired) electrons. The number of halogens is 1. The van der Waals surface area contributed by atoms with E-state index in [1.54, 1.807) is 47.4 Å². The molecule has 0 bridgehead atoms. The van der Waals surface area contributed by atoms with Crippen LogP contribution in [0.15, 0.2) is 48.9 Å². The van der Waals surface area contributed by atoms with Crippen molar-refractivity contribution < 1.29 is 4.74 Å². The van der Waals surface area contributed by atoms with Crippen LogP contribution in [-0.4, -0.2) is 14.8 Å². The van der Waals surface area contributed by atoms with Crippen molar-refractivity contribution in [3.05, 3.63) is 53.9 Å². The largest absolute Gasteiger partial charge is 0.456 e. The van der Waals surface area contributed by atoms with Gasteiger partial charge >= 0.3 is 0 Å². The highest BCUT2D eigenvalue weighted by Gasteiger charge is 2.09.